The Labute approximate surface area is 111 Å². The number of nitrogens with one attached hydrogen (secondary N) is 1. The molecule has 0 heterocycles. The molecule has 1 aromatic carbocycles. The topological polar surface area (TPSA) is 101 Å². The lowest BCUT2D eigenvalue weighted by Crippen LogP contribution is -2.40. The van der Waals surface area contributed by atoms with Crippen LogP contribution in [0.25, 0.3) is 0 Å². The highest BCUT2D eigenvalue weighted by Crippen LogP contribution is 2.11. The summed E-state index contributed by atoms with van der Waals surface area (Å²) < 4.78 is 22.7. The number of rotatable bonds is 5. The van der Waals surface area contributed by atoms with Gasteiger partial charge in [-0.3, -0.25) is 4.79 Å². The van der Waals surface area contributed by atoms with Crippen LogP contribution in [-0.4, -0.2) is 37.7 Å². The summed E-state index contributed by atoms with van der Waals surface area (Å²) in [5.74, 6) is -1.74. The van der Waals surface area contributed by atoms with Crippen LogP contribution >= 0.6 is 0 Å². The molecule has 0 aliphatic carbocycles. The fraction of sp³-hybridized carbons (Fsp3) is 0.333. The molecular formula is C12H15NO5S. The SMILES string of the molecule is CCC(NC(=O)c1cccc(S(C)(=O)=O)c1)C(=O)O. The van der Waals surface area contributed by atoms with Crippen LogP contribution < -0.4 is 5.32 Å². The predicted octanol–water partition coefficient (Wildman–Crippen LogP) is 0.683. The minimum atomic E-state index is -3.41. The summed E-state index contributed by atoms with van der Waals surface area (Å²) >= 11 is 0. The Balaban J connectivity index is 2.98. The van der Waals surface area contributed by atoms with E-state index in [-0.39, 0.29) is 16.9 Å². The number of carbonyl (C=O) groups is 2. The van der Waals surface area contributed by atoms with E-state index < -0.39 is 27.8 Å². The van der Waals surface area contributed by atoms with Gasteiger partial charge in [0.15, 0.2) is 9.84 Å². The zero-order valence-corrected chi connectivity index (χ0v) is 11.4. The van der Waals surface area contributed by atoms with Crippen LogP contribution in [0.3, 0.4) is 0 Å². The van der Waals surface area contributed by atoms with Crippen LogP contribution in [0.1, 0.15) is 23.7 Å². The first-order chi connectivity index (χ1) is 8.75. The van der Waals surface area contributed by atoms with E-state index in [1.54, 1.807) is 6.92 Å². The van der Waals surface area contributed by atoms with Gasteiger partial charge < -0.3 is 10.4 Å². The van der Waals surface area contributed by atoms with Crippen LogP contribution in [0, 0.1) is 0 Å². The number of hydrogen-bond acceptors (Lipinski definition) is 4. The molecule has 0 saturated carbocycles. The van der Waals surface area contributed by atoms with Crippen molar-refractivity contribution in [3.63, 3.8) is 0 Å². The molecule has 0 aliphatic heterocycles. The Kier molecular flexibility index (Phi) is 4.66. The van der Waals surface area contributed by atoms with Gasteiger partial charge in [0.2, 0.25) is 0 Å². The van der Waals surface area contributed by atoms with Crippen LogP contribution in [-0.2, 0) is 14.6 Å². The number of benzene rings is 1. The van der Waals surface area contributed by atoms with Gasteiger partial charge in [-0.15, -0.1) is 0 Å². The van der Waals surface area contributed by atoms with Gasteiger partial charge in [-0.2, -0.15) is 0 Å². The average Bonchev–Trinajstić information content (AvgIpc) is 2.34. The van der Waals surface area contributed by atoms with Crippen molar-refractivity contribution < 1.29 is 23.1 Å². The highest BCUT2D eigenvalue weighted by Gasteiger charge is 2.19. The van der Waals surface area contributed by atoms with E-state index in [1.807, 2.05) is 0 Å². The Bertz CT molecular complexity index is 594. The number of hydrogen-bond donors (Lipinski definition) is 2. The van der Waals surface area contributed by atoms with E-state index in [2.05, 4.69) is 5.32 Å². The molecule has 0 saturated heterocycles. The Morgan fingerprint density at radius 1 is 1.37 bits per heavy atom. The van der Waals surface area contributed by atoms with E-state index in [0.717, 1.165) is 6.26 Å². The molecular weight excluding hydrogens is 270 g/mol. The van der Waals surface area contributed by atoms with Gasteiger partial charge in [0, 0.05) is 11.8 Å². The summed E-state index contributed by atoms with van der Waals surface area (Å²) in [6.45, 7) is 1.63. The van der Waals surface area contributed by atoms with E-state index >= 15 is 0 Å². The maximum Gasteiger partial charge on any atom is 0.326 e. The normalized spacial score (nSPS) is 12.7. The Morgan fingerprint density at radius 3 is 2.47 bits per heavy atom. The van der Waals surface area contributed by atoms with Crippen molar-refractivity contribution in [3.8, 4) is 0 Å². The van der Waals surface area contributed by atoms with Gasteiger partial charge in [0.25, 0.3) is 5.91 Å². The number of amides is 1. The Hall–Kier alpha value is -1.89. The van der Waals surface area contributed by atoms with Crippen molar-refractivity contribution in [2.75, 3.05) is 6.26 Å². The largest absolute Gasteiger partial charge is 0.480 e. The third-order valence-electron chi connectivity index (χ3n) is 2.54. The summed E-state index contributed by atoms with van der Waals surface area (Å²) in [6, 6.07) is 4.47. The van der Waals surface area contributed by atoms with Crippen molar-refractivity contribution in [3.05, 3.63) is 29.8 Å². The first-order valence-electron chi connectivity index (χ1n) is 5.59. The maximum absolute atomic E-state index is 11.8. The maximum atomic E-state index is 11.8. The lowest BCUT2D eigenvalue weighted by atomic mass is 10.1. The molecule has 0 bridgehead atoms. The molecule has 1 aromatic rings. The number of carboxylic acid groups (broad SMARTS) is 1. The monoisotopic (exact) mass is 285 g/mol. The van der Waals surface area contributed by atoms with E-state index in [1.165, 1.54) is 24.3 Å². The van der Waals surface area contributed by atoms with Gasteiger partial charge in [-0.05, 0) is 24.6 Å². The van der Waals surface area contributed by atoms with Gasteiger partial charge in [-0.1, -0.05) is 13.0 Å². The second-order valence-corrected chi connectivity index (χ2v) is 6.09. The zero-order chi connectivity index (χ0) is 14.6. The molecule has 0 spiro atoms. The quantitative estimate of drug-likeness (QED) is 0.828. The molecule has 7 heteroatoms. The van der Waals surface area contributed by atoms with Gasteiger partial charge in [-0.25, -0.2) is 13.2 Å². The highest BCUT2D eigenvalue weighted by atomic mass is 32.2. The molecule has 0 aromatic heterocycles. The summed E-state index contributed by atoms with van der Waals surface area (Å²) in [4.78, 5) is 22.7. The predicted molar refractivity (Wildman–Crippen MR) is 68.7 cm³/mol. The number of carbonyl (C=O) groups excluding carboxylic acids is 1. The molecule has 1 amide bonds. The standard InChI is InChI=1S/C12H15NO5S/c1-3-10(12(15)16)13-11(14)8-5-4-6-9(7-8)19(2,17)18/h4-7,10H,3H2,1-2H3,(H,13,14)(H,15,16). The van der Waals surface area contributed by atoms with Crippen LogP contribution in [0.4, 0.5) is 0 Å². The second-order valence-electron chi connectivity index (χ2n) is 4.07. The van der Waals surface area contributed by atoms with Crippen molar-refractivity contribution in [1.82, 2.24) is 5.32 Å². The highest BCUT2D eigenvalue weighted by molar-refractivity contribution is 7.90. The summed E-state index contributed by atoms with van der Waals surface area (Å²) in [6.07, 6.45) is 1.28. The summed E-state index contributed by atoms with van der Waals surface area (Å²) in [5.41, 5.74) is 0.114. The molecule has 1 rings (SSSR count). The molecule has 104 valence electrons. The summed E-state index contributed by atoms with van der Waals surface area (Å²) in [7, 11) is -3.41. The van der Waals surface area contributed by atoms with Crippen molar-refractivity contribution >= 4 is 21.7 Å². The molecule has 6 nitrogen and oxygen atoms in total. The van der Waals surface area contributed by atoms with Crippen LogP contribution in [0.2, 0.25) is 0 Å². The van der Waals surface area contributed by atoms with Crippen LogP contribution in [0.5, 0.6) is 0 Å². The fourth-order valence-electron chi connectivity index (χ4n) is 1.45. The van der Waals surface area contributed by atoms with Crippen molar-refractivity contribution in [2.45, 2.75) is 24.3 Å². The summed E-state index contributed by atoms with van der Waals surface area (Å²) in [5, 5.41) is 11.2. The smallest absolute Gasteiger partial charge is 0.326 e. The van der Waals surface area contributed by atoms with E-state index in [0.29, 0.717) is 0 Å². The third kappa shape index (κ3) is 4.06. The molecule has 0 aliphatic rings. The molecule has 19 heavy (non-hydrogen) atoms. The molecule has 1 unspecified atom stereocenters. The molecule has 1 atom stereocenters. The van der Waals surface area contributed by atoms with Gasteiger partial charge >= 0.3 is 5.97 Å². The lowest BCUT2D eigenvalue weighted by molar-refractivity contribution is -0.139. The van der Waals surface area contributed by atoms with E-state index in [4.69, 9.17) is 5.11 Å². The number of carboxylic acids is 1. The Morgan fingerprint density at radius 2 is 2.00 bits per heavy atom. The first kappa shape index (κ1) is 15.2. The van der Waals surface area contributed by atoms with Crippen molar-refractivity contribution in [2.24, 2.45) is 0 Å². The zero-order valence-electron chi connectivity index (χ0n) is 10.6. The fourth-order valence-corrected chi connectivity index (χ4v) is 2.11. The van der Waals surface area contributed by atoms with Gasteiger partial charge in [0.1, 0.15) is 6.04 Å². The minimum absolute atomic E-state index is 0.0172. The number of sulfone groups is 1. The third-order valence-corrected chi connectivity index (χ3v) is 3.65. The molecule has 2 N–H and O–H groups in total. The number of aliphatic carboxylic acids is 1. The molecule has 0 fully saturated rings. The minimum Gasteiger partial charge on any atom is -0.480 e. The van der Waals surface area contributed by atoms with Crippen molar-refractivity contribution in [1.29, 1.82) is 0 Å². The van der Waals surface area contributed by atoms with E-state index in [9.17, 15) is 18.0 Å². The molecule has 0 radical (unpaired) electrons. The first-order valence-corrected chi connectivity index (χ1v) is 7.48. The lowest BCUT2D eigenvalue weighted by Gasteiger charge is -2.12. The second kappa shape index (κ2) is 5.83. The van der Waals surface area contributed by atoms with Crippen LogP contribution in [0.15, 0.2) is 29.2 Å². The average molecular weight is 285 g/mol. The van der Waals surface area contributed by atoms with Gasteiger partial charge in [0.05, 0.1) is 4.90 Å².